The molecule has 4 aliphatic carbocycles. The predicted molar refractivity (Wildman–Crippen MR) is 81.1 cm³/mol. The molecule has 3 nitrogen and oxygen atoms in total. The molecule has 0 aromatic carbocycles. The highest BCUT2D eigenvalue weighted by atomic mass is 16.6. The maximum atomic E-state index is 12.4. The van der Waals surface area contributed by atoms with Crippen LogP contribution in [0.1, 0.15) is 39.5 Å². The van der Waals surface area contributed by atoms with Gasteiger partial charge in [-0.15, -0.1) is 0 Å². The van der Waals surface area contributed by atoms with E-state index in [2.05, 4.69) is 19.9 Å². The summed E-state index contributed by atoms with van der Waals surface area (Å²) >= 11 is 0. The molecule has 0 bridgehead atoms. The first-order valence-corrected chi connectivity index (χ1v) is 8.59. The van der Waals surface area contributed by atoms with Crippen LogP contribution in [0.25, 0.3) is 0 Å². The molecule has 5 aliphatic rings. The van der Waals surface area contributed by atoms with Crippen LogP contribution in [-0.4, -0.2) is 23.8 Å². The molecule has 7 atom stereocenters. The van der Waals surface area contributed by atoms with Crippen molar-refractivity contribution in [1.29, 1.82) is 0 Å². The third-order valence-corrected chi connectivity index (χ3v) is 7.54. The number of rotatable bonds is 0. The zero-order valence-corrected chi connectivity index (χ0v) is 13.2. The predicted octanol–water partition coefficient (Wildman–Crippen LogP) is 2.85. The number of hydrogen-bond acceptors (Lipinski definition) is 3. The maximum absolute atomic E-state index is 12.4. The number of fused-ring (bicyclic) bond motifs is 8. The van der Waals surface area contributed by atoms with Gasteiger partial charge in [0, 0.05) is 17.3 Å². The second-order valence-corrected chi connectivity index (χ2v) is 8.35. The lowest BCUT2D eigenvalue weighted by atomic mass is 9.48. The van der Waals surface area contributed by atoms with Crippen molar-refractivity contribution in [3.8, 4) is 0 Å². The summed E-state index contributed by atoms with van der Waals surface area (Å²) in [7, 11) is 0. The van der Waals surface area contributed by atoms with Crippen LogP contribution in [0.3, 0.4) is 0 Å². The number of carbonyl (C=O) groups excluding carboxylic acids is 2. The molecule has 1 heterocycles. The second-order valence-electron chi connectivity index (χ2n) is 8.35. The Morgan fingerprint density at radius 2 is 2.00 bits per heavy atom. The lowest BCUT2D eigenvalue weighted by molar-refractivity contribution is -0.131. The van der Waals surface area contributed by atoms with E-state index in [1.165, 1.54) is 5.57 Å². The highest BCUT2D eigenvalue weighted by Gasteiger charge is 2.68. The quantitative estimate of drug-likeness (QED) is 0.646. The van der Waals surface area contributed by atoms with Gasteiger partial charge in [-0.2, -0.15) is 0 Å². The van der Waals surface area contributed by atoms with Gasteiger partial charge in [-0.05, 0) is 54.7 Å². The minimum absolute atomic E-state index is 0.0524. The molecule has 5 rings (SSSR count). The molecular formula is C19H22O3. The average Bonchev–Trinajstić information content (AvgIpc) is 3.22. The van der Waals surface area contributed by atoms with Gasteiger partial charge in [0.1, 0.15) is 11.9 Å². The van der Waals surface area contributed by atoms with Gasteiger partial charge in [0.05, 0.1) is 6.10 Å². The lowest BCUT2D eigenvalue weighted by Gasteiger charge is -2.53. The first-order chi connectivity index (χ1) is 10.4. The van der Waals surface area contributed by atoms with E-state index < -0.39 is 0 Å². The van der Waals surface area contributed by atoms with Gasteiger partial charge in [0.15, 0.2) is 5.78 Å². The van der Waals surface area contributed by atoms with Crippen molar-refractivity contribution in [2.75, 3.05) is 0 Å². The maximum Gasteiger partial charge on any atom is 0.178 e. The third kappa shape index (κ3) is 1.37. The molecule has 1 aliphatic heterocycles. The van der Waals surface area contributed by atoms with Gasteiger partial charge in [-0.25, -0.2) is 0 Å². The Morgan fingerprint density at radius 3 is 2.82 bits per heavy atom. The SMILES string of the molecule is C[C@]12C=CC(=O)C=C1[C@H]1O[C@H]1[C@@H]1[C@@H]2CC[C@]2(C)C(=O)CC[C@@H]12. The Labute approximate surface area is 130 Å². The molecule has 0 unspecified atom stereocenters. The fourth-order valence-electron chi connectivity index (χ4n) is 6.23. The zero-order valence-electron chi connectivity index (χ0n) is 13.2. The number of hydrogen-bond donors (Lipinski definition) is 0. The number of epoxide rings is 1. The zero-order chi connectivity index (χ0) is 15.3. The van der Waals surface area contributed by atoms with E-state index in [-0.39, 0.29) is 28.8 Å². The number of ether oxygens (including phenoxy) is 1. The molecule has 3 heteroatoms. The second kappa shape index (κ2) is 3.81. The Balaban J connectivity index is 1.60. The van der Waals surface area contributed by atoms with E-state index >= 15 is 0 Å². The molecule has 0 aromatic heterocycles. The van der Waals surface area contributed by atoms with Gasteiger partial charge < -0.3 is 4.74 Å². The first-order valence-electron chi connectivity index (χ1n) is 8.59. The van der Waals surface area contributed by atoms with Crippen LogP contribution in [0.5, 0.6) is 0 Å². The summed E-state index contributed by atoms with van der Waals surface area (Å²) in [5.74, 6) is 2.02. The van der Waals surface area contributed by atoms with Crippen LogP contribution >= 0.6 is 0 Å². The van der Waals surface area contributed by atoms with Crippen molar-refractivity contribution in [2.45, 2.75) is 51.7 Å². The average molecular weight is 298 g/mol. The molecule has 116 valence electrons. The Bertz CT molecular complexity index is 660. The van der Waals surface area contributed by atoms with Crippen molar-refractivity contribution < 1.29 is 14.3 Å². The Kier molecular flexibility index (Phi) is 2.29. The fourth-order valence-corrected chi connectivity index (χ4v) is 6.23. The molecule has 0 spiro atoms. The van der Waals surface area contributed by atoms with E-state index in [9.17, 15) is 9.59 Å². The van der Waals surface area contributed by atoms with E-state index in [0.29, 0.717) is 23.5 Å². The van der Waals surface area contributed by atoms with Crippen molar-refractivity contribution in [3.63, 3.8) is 0 Å². The summed E-state index contributed by atoms with van der Waals surface area (Å²) in [6.45, 7) is 4.46. The van der Waals surface area contributed by atoms with Crippen molar-refractivity contribution in [2.24, 2.45) is 28.6 Å². The standard InChI is InChI=1S/C19H22O3/c1-18-7-5-10(20)9-13(18)16-17(22-16)15-11-3-4-14(21)19(11,2)8-6-12(15)18/h5,7,9,11-12,15-17H,3-4,6,8H2,1-2H3/t11-,12-,15-,16+,17-,18+,19-/m0/s1. The van der Waals surface area contributed by atoms with Crippen LogP contribution in [0, 0.1) is 28.6 Å². The Hall–Kier alpha value is -1.22. The molecule has 22 heavy (non-hydrogen) atoms. The molecular weight excluding hydrogens is 276 g/mol. The van der Waals surface area contributed by atoms with Crippen molar-refractivity contribution in [1.82, 2.24) is 0 Å². The van der Waals surface area contributed by atoms with Gasteiger partial charge in [0.2, 0.25) is 0 Å². The van der Waals surface area contributed by atoms with E-state index in [0.717, 1.165) is 25.7 Å². The smallest absolute Gasteiger partial charge is 0.178 e. The normalized spacial score (nSPS) is 55.0. The van der Waals surface area contributed by atoms with Crippen molar-refractivity contribution in [3.05, 3.63) is 23.8 Å². The number of carbonyl (C=O) groups is 2. The van der Waals surface area contributed by atoms with Gasteiger partial charge in [-0.1, -0.05) is 19.9 Å². The topological polar surface area (TPSA) is 46.7 Å². The fraction of sp³-hybridized carbons (Fsp3) is 0.684. The summed E-state index contributed by atoms with van der Waals surface area (Å²) in [4.78, 5) is 24.2. The molecule has 0 radical (unpaired) electrons. The highest BCUT2D eigenvalue weighted by Crippen LogP contribution is 2.67. The Morgan fingerprint density at radius 1 is 1.18 bits per heavy atom. The van der Waals surface area contributed by atoms with Crippen LogP contribution in [0.2, 0.25) is 0 Å². The van der Waals surface area contributed by atoms with Crippen LogP contribution < -0.4 is 0 Å². The number of allylic oxidation sites excluding steroid dienone is 3. The third-order valence-electron chi connectivity index (χ3n) is 7.54. The highest BCUT2D eigenvalue weighted by molar-refractivity contribution is 6.01. The minimum Gasteiger partial charge on any atom is -0.364 e. The van der Waals surface area contributed by atoms with E-state index in [4.69, 9.17) is 4.74 Å². The van der Waals surface area contributed by atoms with Crippen LogP contribution in [0.15, 0.2) is 23.8 Å². The number of ketones is 2. The monoisotopic (exact) mass is 298 g/mol. The molecule has 0 aromatic rings. The summed E-state index contributed by atoms with van der Waals surface area (Å²) in [6, 6.07) is 0. The summed E-state index contributed by atoms with van der Waals surface area (Å²) < 4.78 is 6.05. The molecule has 0 N–H and O–H groups in total. The lowest BCUT2D eigenvalue weighted by Crippen LogP contribution is -2.52. The van der Waals surface area contributed by atoms with E-state index in [1.807, 2.05) is 6.08 Å². The largest absolute Gasteiger partial charge is 0.364 e. The molecule has 3 saturated carbocycles. The first kappa shape index (κ1) is 13.2. The molecule has 1 saturated heterocycles. The van der Waals surface area contributed by atoms with E-state index in [1.54, 1.807) is 6.08 Å². The summed E-state index contributed by atoms with van der Waals surface area (Å²) in [6.07, 6.45) is 9.89. The molecule has 4 fully saturated rings. The summed E-state index contributed by atoms with van der Waals surface area (Å²) in [5, 5.41) is 0. The van der Waals surface area contributed by atoms with Crippen LogP contribution in [0.4, 0.5) is 0 Å². The number of Topliss-reactive ketones (excluding diaryl/α,β-unsaturated/α-hetero) is 1. The van der Waals surface area contributed by atoms with Crippen LogP contribution in [-0.2, 0) is 14.3 Å². The van der Waals surface area contributed by atoms with Gasteiger partial charge in [-0.3, -0.25) is 9.59 Å². The minimum atomic E-state index is -0.122. The summed E-state index contributed by atoms with van der Waals surface area (Å²) in [5.41, 5.74) is 1.02. The van der Waals surface area contributed by atoms with Crippen molar-refractivity contribution >= 4 is 11.6 Å². The van der Waals surface area contributed by atoms with Gasteiger partial charge >= 0.3 is 0 Å². The molecule has 0 amide bonds. The van der Waals surface area contributed by atoms with Gasteiger partial charge in [0.25, 0.3) is 0 Å².